The van der Waals surface area contributed by atoms with E-state index in [4.69, 9.17) is 16.3 Å². The Bertz CT molecular complexity index is 248. The molecule has 0 amide bonds. The molecule has 13 heavy (non-hydrogen) atoms. The van der Waals surface area contributed by atoms with Gasteiger partial charge in [-0.15, -0.1) is 0 Å². The Morgan fingerprint density at radius 1 is 1.23 bits per heavy atom. The van der Waals surface area contributed by atoms with Crippen LogP contribution in [0, 0.1) is 6.92 Å². The van der Waals surface area contributed by atoms with E-state index in [1.165, 1.54) is 0 Å². The number of halogens is 1. The van der Waals surface area contributed by atoms with Crippen LogP contribution in [0.2, 0.25) is 5.02 Å². The minimum absolute atomic E-state index is 0.721. The van der Waals surface area contributed by atoms with E-state index in [1.807, 2.05) is 24.3 Å². The first-order valence-electron chi connectivity index (χ1n) is 4.45. The largest absolute Gasteiger partial charge is 0.381 e. The van der Waals surface area contributed by atoms with Crippen molar-refractivity contribution in [1.82, 2.24) is 0 Å². The zero-order valence-electron chi connectivity index (χ0n) is 7.63. The standard InChI is InChI=1S/C11H14ClO/c1-2-8-13-9-7-10-5-3-4-6-11(10)12/h3-6H,1-2,7-9H2. The number of hydrogen-bond donors (Lipinski definition) is 0. The number of ether oxygens (including phenoxy) is 1. The van der Waals surface area contributed by atoms with Crippen LogP contribution in [-0.2, 0) is 11.2 Å². The summed E-state index contributed by atoms with van der Waals surface area (Å²) in [5.74, 6) is 0. The summed E-state index contributed by atoms with van der Waals surface area (Å²) < 4.78 is 5.32. The van der Waals surface area contributed by atoms with Gasteiger partial charge in [0.2, 0.25) is 0 Å². The predicted molar refractivity (Wildman–Crippen MR) is 55.9 cm³/mol. The van der Waals surface area contributed by atoms with E-state index in [-0.39, 0.29) is 0 Å². The summed E-state index contributed by atoms with van der Waals surface area (Å²) in [4.78, 5) is 0. The number of benzene rings is 1. The normalized spacial score (nSPS) is 10.3. The quantitative estimate of drug-likeness (QED) is 0.660. The molecule has 1 rings (SSSR count). The van der Waals surface area contributed by atoms with Crippen LogP contribution in [0.5, 0.6) is 0 Å². The Kier molecular flexibility index (Phi) is 4.87. The summed E-state index contributed by atoms with van der Waals surface area (Å²) in [6.45, 7) is 5.14. The van der Waals surface area contributed by atoms with Crippen LogP contribution < -0.4 is 0 Å². The molecule has 0 fully saturated rings. The van der Waals surface area contributed by atoms with Gasteiger partial charge in [0.25, 0.3) is 0 Å². The van der Waals surface area contributed by atoms with E-state index in [0.717, 1.165) is 36.6 Å². The molecular formula is C11H14ClO. The summed E-state index contributed by atoms with van der Waals surface area (Å²) in [6, 6.07) is 7.85. The highest BCUT2D eigenvalue weighted by molar-refractivity contribution is 6.31. The van der Waals surface area contributed by atoms with Crippen LogP contribution in [0.4, 0.5) is 0 Å². The van der Waals surface area contributed by atoms with Crippen LogP contribution in [0.15, 0.2) is 24.3 Å². The first-order valence-corrected chi connectivity index (χ1v) is 4.83. The van der Waals surface area contributed by atoms with Gasteiger partial charge in [-0.1, -0.05) is 36.7 Å². The van der Waals surface area contributed by atoms with Gasteiger partial charge in [0.05, 0.1) is 6.61 Å². The van der Waals surface area contributed by atoms with Crippen molar-refractivity contribution in [2.45, 2.75) is 12.8 Å². The Balaban J connectivity index is 2.32. The lowest BCUT2D eigenvalue weighted by Crippen LogP contribution is -1.99. The minimum Gasteiger partial charge on any atom is -0.381 e. The van der Waals surface area contributed by atoms with Gasteiger partial charge >= 0.3 is 0 Å². The molecule has 0 aliphatic heterocycles. The zero-order chi connectivity index (χ0) is 9.52. The molecule has 1 nitrogen and oxygen atoms in total. The molecule has 2 heteroatoms. The van der Waals surface area contributed by atoms with Gasteiger partial charge in [-0.05, 0) is 24.5 Å². The van der Waals surface area contributed by atoms with Crippen molar-refractivity contribution < 1.29 is 4.74 Å². The molecule has 0 N–H and O–H groups in total. The van der Waals surface area contributed by atoms with Crippen molar-refractivity contribution in [3.05, 3.63) is 41.8 Å². The third-order valence-electron chi connectivity index (χ3n) is 1.76. The predicted octanol–water partition coefficient (Wildman–Crippen LogP) is 3.12. The van der Waals surface area contributed by atoms with Gasteiger partial charge in [0.1, 0.15) is 0 Å². The molecule has 1 aromatic carbocycles. The van der Waals surface area contributed by atoms with Crippen LogP contribution in [-0.4, -0.2) is 13.2 Å². The summed E-state index contributed by atoms with van der Waals surface area (Å²) in [5.41, 5.74) is 1.15. The Hall–Kier alpha value is -0.530. The van der Waals surface area contributed by atoms with E-state index < -0.39 is 0 Å². The van der Waals surface area contributed by atoms with E-state index in [0.29, 0.717) is 0 Å². The fourth-order valence-electron chi connectivity index (χ4n) is 1.09. The molecule has 0 aliphatic rings. The molecule has 71 valence electrons. The van der Waals surface area contributed by atoms with Crippen molar-refractivity contribution in [2.75, 3.05) is 13.2 Å². The van der Waals surface area contributed by atoms with E-state index in [2.05, 4.69) is 6.92 Å². The second kappa shape index (κ2) is 6.01. The molecule has 0 unspecified atom stereocenters. The molecular weight excluding hydrogens is 184 g/mol. The highest BCUT2D eigenvalue weighted by Crippen LogP contribution is 2.15. The van der Waals surface area contributed by atoms with E-state index >= 15 is 0 Å². The molecule has 0 saturated heterocycles. The maximum atomic E-state index is 5.97. The molecule has 0 heterocycles. The van der Waals surface area contributed by atoms with Gasteiger partial charge in [-0.2, -0.15) is 0 Å². The van der Waals surface area contributed by atoms with Crippen molar-refractivity contribution in [3.63, 3.8) is 0 Å². The van der Waals surface area contributed by atoms with Crippen molar-refractivity contribution >= 4 is 11.6 Å². The molecule has 0 spiro atoms. The van der Waals surface area contributed by atoms with Gasteiger partial charge in [-0.3, -0.25) is 0 Å². The molecule has 1 radical (unpaired) electrons. The van der Waals surface area contributed by atoms with Crippen molar-refractivity contribution in [3.8, 4) is 0 Å². The second-order valence-electron chi connectivity index (χ2n) is 2.81. The molecule has 0 aliphatic carbocycles. The Morgan fingerprint density at radius 3 is 2.69 bits per heavy atom. The maximum absolute atomic E-state index is 5.97. The fraction of sp³-hybridized carbons (Fsp3) is 0.364. The minimum atomic E-state index is 0.721. The van der Waals surface area contributed by atoms with Gasteiger partial charge in [0, 0.05) is 11.6 Å². The number of rotatable bonds is 5. The average Bonchev–Trinajstić information content (AvgIpc) is 2.15. The highest BCUT2D eigenvalue weighted by atomic mass is 35.5. The van der Waals surface area contributed by atoms with Crippen LogP contribution in [0.1, 0.15) is 12.0 Å². The van der Waals surface area contributed by atoms with Crippen LogP contribution in [0.3, 0.4) is 0 Å². The molecule has 0 aromatic heterocycles. The van der Waals surface area contributed by atoms with Crippen molar-refractivity contribution in [2.24, 2.45) is 0 Å². The van der Waals surface area contributed by atoms with Crippen LogP contribution >= 0.6 is 11.6 Å². The summed E-state index contributed by atoms with van der Waals surface area (Å²) >= 11 is 5.97. The van der Waals surface area contributed by atoms with E-state index in [9.17, 15) is 0 Å². The third kappa shape index (κ3) is 3.79. The number of hydrogen-bond acceptors (Lipinski definition) is 1. The lowest BCUT2D eigenvalue weighted by atomic mass is 10.2. The van der Waals surface area contributed by atoms with Gasteiger partial charge in [0.15, 0.2) is 0 Å². The highest BCUT2D eigenvalue weighted by Gasteiger charge is 1.97. The summed E-state index contributed by atoms with van der Waals surface area (Å²) in [6.07, 6.45) is 1.70. The topological polar surface area (TPSA) is 9.23 Å². The van der Waals surface area contributed by atoms with Gasteiger partial charge in [-0.25, -0.2) is 0 Å². The lowest BCUT2D eigenvalue weighted by Gasteiger charge is -2.04. The first kappa shape index (κ1) is 10.6. The molecule has 1 aromatic rings. The summed E-state index contributed by atoms with van der Waals surface area (Å²) in [7, 11) is 0. The fourth-order valence-corrected chi connectivity index (χ4v) is 1.32. The van der Waals surface area contributed by atoms with Gasteiger partial charge < -0.3 is 4.74 Å². The molecule has 0 atom stereocenters. The maximum Gasteiger partial charge on any atom is 0.0506 e. The van der Waals surface area contributed by atoms with E-state index in [1.54, 1.807) is 0 Å². The van der Waals surface area contributed by atoms with Crippen LogP contribution in [0.25, 0.3) is 0 Å². The monoisotopic (exact) mass is 197 g/mol. The Morgan fingerprint density at radius 2 is 2.00 bits per heavy atom. The zero-order valence-corrected chi connectivity index (χ0v) is 8.39. The Labute approximate surface area is 84.7 Å². The first-order chi connectivity index (χ1) is 6.34. The smallest absolute Gasteiger partial charge is 0.0506 e. The molecule has 0 bridgehead atoms. The lowest BCUT2D eigenvalue weighted by molar-refractivity contribution is 0.141. The average molecular weight is 198 g/mol. The van der Waals surface area contributed by atoms with Crippen molar-refractivity contribution in [1.29, 1.82) is 0 Å². The third-order valence-corrected chi connectivity index (χ3v) is 2.13. The summed E-state index contributed by atoms with van der Waals surface area (Å²) in [5, 5.41) is 0.820. The second-order valence-corrected chi connectivity index (χ2v) is 3.21. The molecule has 0 saturated carbocycles. The SMILES string of the molecule is [CH2]CCOCCc1ccccc1Cl.